The van der Waals surface area contributed by atoms with Crippen molar-refractivity contribution < 1.29 is 14.7 Å². The van der Waals surface area contributed by atoms with E-state index in [1.54, 1.807) is 28.8 Å². The molecule has 19 heavy (non-hydrogen) atoms. The Morgan fingerprint density at radius 3 is 2.84 bits per heavy atom. The molecule has 1 N–H and O–H groups in total. The van der Waals surface area contributed by atoms with Gasteiger partial charge >= 0.3 is 5.97 Å². The first-order chi connectivity index (χ1) is 8.96. The molecule has 104 valence electrons. The molecule has 0 saturated carbocycles. The lowest BCUT2D eigenvalue weighted by Crippen LogP contribution is -2.48. The predicted octanol–water partition coefficient (Wildman–Crippen LogP) is 1.23. The van der Waals surface area contributed by atoms with Crippen LogP contribution in [0.3, 0.4) is 0 Å². The van der Waals surface area contributed by atoms with Crippen molar-refractivity contribution in [1.29, 1.82) is 0 Å². The zero-order valence-corrected chi connectivity index (χ0v) is 11.3. The summed E-state index contributed by atoms with van der Waals surface area (Å²) in [7, 11) is 0. The van der Waals surface area contributed by atoms with Crippen LogP contribution in [0.5, 0.6) is 0 Å². The summed E-state index contributed by atoms with van der Waals surface area (Å²) in [5, 5.41) is 13.4. The van der Waals surface area contributed by atoms with Gasteiger partial charge in [-0.2, -0.15) is 5.10 Å². The first kappa shape index (κ1) is 13.6. The van der Waals surface area contributed by atoms with E-state index in [1.807, 2.05) is 6.92 Å². The molecule has 1 amide bonds. The Morgan fingerprint density at radius 1 is 1.53 bits per heavy atom. The SMILES string of the molecule is CCn1ccc(C(=O)N2CCCC(C)(C(=O)O)C2)n1. The average Bonchev–Trinajstić information content (AvgIpc) is 2.86. The fourth-order valence-corrected chi connectivity index (χ4v) is 2.40. The van der Waals surface area contributed by atoms with Crippen molar-refractivity contribution in [3.63, 3.8) is 0 Å². The second-order valence-corrected chi connectivity index (χ2v) is 5.25. The van der Waals surface area contributed by atoms with E-state index in [-0.39, 0.29) is 12.5 Å². The summed E-state index contributed by atoms with van der Waals surface area (Å²) >= 11 is 0. The van der Waals surface area contributed by atoms with E-state index in [0.717, 1.165) is 0 Å². The predicted molar refractivity (Wildman–Crippen MR) is 68.8 cm³/mol. The second-order valence-electron chi connectivity index (χ2n) is 5.25. The second kappa shape index (κ2) is 5.03. The maximum absolute atomic E-state index is 12.3. The third-order valence-corrected chi connectivity index (χ3v) is 3.68. The minimum atomic E-state index is -0.846. The van der Waals surface area contributed by atoms with Crippen LogP contribution in [0, 0.1) is 5.41 Å². The molecule has 0 spiro atoms. The highest BCUT2D eigenvalue weighted by Gasteiger charge is 2.39. The molecule has 1 aliphatic rings. The Hall–Kier alpha value is -1.85. The van der Waals surface area contributed by atoms with Crippen molar-refractivity contribution in [2.45, 2.75) is 33.2 Å². The number of rotatable bonds is 3. The summed E-state index contributed by atoms with van der Waals surface area (Å²) in [6.07, 6.45) is 3.08. The van der Waals surface area contributed by atoms with E-state index in [1.165, 1.54) is 0 Å². The van der Waals surface area contributed by atoms with Gasteiger partial charge in [-0.3, -0.25) is 14.3 Å². The van der Waals surface area contributed by atoms with E-state index in [9.17, 15) is 14.7 Å². The van der Waals surface area contributed by atoms with Crippen LogP contribution in [0.25, 0.3) is 0 Å². The molecule has 1 atom stereocenters. The number of aliphatic carboxylic acids is 1. The molecule has 1 aromatic heterocycles. The molecule has 0 aliphatic carbocycles. The van der Waals surface area contributed by atoms with Crippen LogP contribution in [0.2, 0.25) is 0 Å². The van der Waals surface area contributed by atoms with Crippen molar-refractivity contribution >= 4 is 11.9 Å². The molecule has 6 heteroatoms. The van der Waals surface area contributed by atoms with Gasteiger partial charge in [0.25, 0.3) is 5.91 Å². The Kier molecular flexibility index (Phi) is 3.59. The van der Waals surface area contributed by atoms with Crippen LogP contribution in [-0.2, 0) is 11.3 Å². The van der Waals surface area contributed by atoms with Gasteiger partial charge in [0, 0.05) is 25.8 Å². The minimum absolute atomic E-state index is 0.181. The highest BCUT2D eigenvalue weighted by molar-refractivity contribution is 5.92. The molecule has 2 heterocycles. The Labute approximate surface area is 112 Å². The van der Waals surface area contributed by atoms with Gasteiger partial charge in [-0.05, 0) is 32.8 Å². The first-order valence-corrected chi connectivity index (χ1v) is 6.52. The average molecular weight is 265 g/mol. The molecule has 0 bridgehead atoms. The lowest BCUT2D eigenvalue weighted by Gasteiger charge is -2.37. The van der Waals surface area contributed by atoms with Crippen LogP contribution in [0.1, 0.15) is 37.2 Å². The number of carboxylic acid groups (broad SMARTS) is 1. The van der Waals surface area contributed by atoms with Gasteiger partial charge in [-0.25, -0.2) is 0 Å². The minimum Gasteiger partial charge on any atom is -0.481 e. The molecule has 6 nitrogen and oxygen atoms in total. The molecular weight excluding hydrogens is 246 g/mol. The van der Waals surface area contributed by atoms with E-state index in [2.05, 4.69) is 5.10 Å². The van der Waals surface area contributed by atoms with Gasteiger partial charge in [-0.15, -0.1) is 0 Å². The number of hydrogen-bond donors (Lipinski definition) is 1. The molecule has 1 fully saturated rings. The summed E-state index contributed by atoms with van der Waals surface area (Å²) in [6.45, 7) is 5.20. The van der Waals surface area contributed by atoms with Crippen molar-refractivity contribution in [3.05, 3.63) is 18.0 Å². The lowest BCUT2D eigenvalue weighted by molar-refractivity contribution is -0.150. The number of likely N-dealkylation sites (tertiary alicyclic amines) is 1. The Balaban J connectivity index is 2.13. The van der Waals surface area contributed by atoms with E-state index in [4.69, 9.17) is 0 Å². The maximum Gasteiger partial charge on any atom is 0.311 e. The third kappa shape index (κ3) is 2.62. The quantitative estimate of drug-likeness (QED) is 0.892. The lowest BCUT2D eigenvalue weighted by atomic mass is 9.82. The molecule has 0 radical (unpaired) electrons. The third-order valence-electron chi connectivity index (χ3n) is 3.68. The smallest absolute Gasteiger partial charge is 0.311 e. The van der Waals surface area contributed by atoms with Crippen LogP contribution in [0.15, 0.2) is 12.3 Å². The number of carbonyl (C=O) groups excluding carboxylic acids is 1. The summed E-state index contributed by atoms with van der Waals surface area (Å²) in [5.74, 6) is -1.02. The van der Waals surface area contributed by atoms with Crippen LogP contribution >= 0.6 is 0 Å². The number of piperidine rings is 1. The van der Waals surface area contributed by atoms with Crippen LogP contribution in [-0.4, -0.2) is 44.8 Å². The fourth-order valence-electron chi connectivity index (χ4n) is 2.40. The normalized spacial score (nSPS) is 23.4. The zero-order valence-electron chi connectivity index (χ0n) is 11.3. The van der Waals surface area contributed by atoms with E-state index >= 15 is 0 Å². The number of aromatic nitrogens is 2. The molecular formula is C13H19N3O3. The van der Waals surface area contributed by atoms with Crippen molar-refractivity contribution in [2.24, 2.45) is 5.41 Å². The molecule has 0 aromatic carbocycles. The first-order valence-electron chi connectivity index (χ1n) is 6.52. The van der Waals surface area contributed by atoms with Crippen LogP contribution in [0.4, 0.5) is 0 Å². The monoisotopic (exact) mass is 265 g/mol. The molecule has 1 aliphatic heterocycles. The number of nitrogens with zero attached hydrogens (tertiary/aromatic N) is 3. The maximum atomic E-state index is 12.3. The van der Waals surface area contributed by atoms with Gasteiger partial charge in [0.05, 0.1) is 5.41 Å². The summed E-state index contributed by atoms with van der Waals surface area (Å²) in [4.78, 5) is 25.2. The summed E-state index contributed by atoms with van der Waals surface area (Å²) < 4.78 is 1.69. The Bertz CT molecular complexity index is 497. The van der Waals surface area contributed by atoms with Crippen LogP contribution < -0.4 is 0 Å². The summed E-state index contributed by atoms with van der Waals surface area (Å²) in [6, 6.07) is 1.68. The highest BCUT2D eigenvalue weighted by Crippen LogP contribution is 2.30. The molecule has 1 saturated heterocycles. The van der Waals surface area contributed by atoms with Crippen molar-refractivity contribution in [2.75, 3.05) is 13.1 Å². The van der Waals surface area contributed by atoms with E-state index in [0.29, 0.717) is 31.6 Å². The van der Waals surface area contributed by atoms with Gasteiger partial charge in [0.2, 0.25) is 0 Å². The highest BCUT2D eigenvalue weighted by atomic mass is 16.4. The number of carboxylic acids is 1. The Morgan fingerprint density at radius 2 is 2.26 bits per heavy atom. The molecule has 2 rings (SSSR count). The largest absolute Gasteiger partial charge is 0.481 e. The van der Waals surface area contributed by atoms with Gasteiger partial charge < -0.3 is 10.0 Å². The molecule has 1 unspecified atom stereocenters. The number of carbonyl (C=O) groups is 2. The van der Waals surface area contributed by atoms with Gasteiger partial charge in [0.1, 0.15) is 5.69 Å². The van der Waals surface area contributed by atoms with E-state index < -0.39 is 11.4 Å². The number of aryl methyl sites for hydroxylation is 1. The van der Waals surface area contributed by atoms with Crippen molar-refractivity contribution in [3.8, 4) is 0 Å². The fraction of sp³-hybridized carbons (Fsp3) is 0.615. The summed E-state index contributed by atoms with van der Waals surface area (Å²) in [5.41, 5.74) is -0.460. The topological polar surface area (TPSA) is 75.4 Å². The molecule has 1 aromatic rings. The zero-order chi connectivity index (χ0) is 14.0. The number of hydrogen-bond acceptors (Lipinski definition) is 3. The number of amides is 1. The van der Waals surface area contributed by atoms with Crippen molar-refractivity contribution in [1.82, 2.24) is 14.7 Å². The standard InChI is InChI=1S/C13H19N3O3/c1-3-16-8-5-10(14-16)11(17)15-7-4-6-13(2,9-15)12(18)19/h5,8H,3-4,6-7,9H2,1-2H3,(H,18,19). The van der Waals surface area contributed by atoms with Gasteiger partial charge in [-0.1, -0.05) is 0 Å². The van der Waals surface area contributed by atoms with Gasteiger partial charge in [0.15, 0.2) is 0 Å².